The Balaban J connectivity index is 3.13. The highest BCUT2D eigenvalue weighted by Crippen LogP contribution is 2.10. The maximum absolute atomic E-state index is 5.71. The summed E-state index contributed by atoms with van der Waals surface area (Å²) < 4.78 is 0. The molecule has 0 heterocycles. The summed E-state index contributed by atoms with van der Waals surface area (Å²) in [6, 6.07) is 0.363. The molecular formula is C8H19NS. The lowest BCUT2D eigenvalue weighted by molar-refractivity contribution is 0.447. The third-order valence-electron chi connectivity index (χ3n) is 1.91. The van der Waals surface area contributed by atoms with Crippen molar-refractivity contribution in [1.29, 1.82) is 0 Å². The van der Waals surface area contributed by atoms with Crippen molar-refractivity contribution in [3.8, 4) is 0 Å². The van der Waals surface area contributed by atoms with Crippen molar-refractivity contribution >= 4 is 11.8 Å². The number of thioether (sulfide) groups is 1. The first-order valence-electron chi connectivity index (χ1n) is 3.93. The van der Waals surface area contributed by atoms with Crippen molar-refractivity contribution in [2.75, 3.05) is 12.0 Å². The van der Waals surface area contributed by atoms with Crippen LogP contribution >= 0.6 is 11.8 Å². The smallest absolute Gasteiger partial charge is 0.00361 e. The summed E-state index contributed by atoms with van der Waals surface area (Å²) in [4.78, 5) is 0. The van der Waals surface area contributed by atoms with Gasteiger partial charge < -0.3 is 5.73 Å². The second-order valence-corrected chi connectivity index (χ2v) is 3.96. The predicted octanol–water partition coefficient (Wildman–Crippen LogP) is 2.11. The maximum Gasteiger partial charge on any atom is 0.00361 e. The first kappa shape index (κ1) is 10.3. The Morgan fingerprint density at radius 3 is 2.40 bits per heavy atom. The molecule has 0 aliphatic rings. The summed E-state index contributed by atoms with van der Waals surface area (Å²) in [7, 11) is 0. The summed E-state index contributed by atoms with van der Waals surface area (Å²) in [5.74, 6) is 1.96. The van der Waals surface area contributed by atoms with Crippen molar-refractivity contribution in [2.45, 2.75) is 32.7 Å². The fourth-order valence-corrected chi connectivity index (χ4v) is 1.27. The van der Waals surface area contributed by atoms with Crippen LogP contribution < -0.4 is 5.73 Å². The fourth-order valence-electron chi connectivity index (χ4n) is 0.813. The second kappa shape index (κ2) is 6.05. The molecule has 0 radical (unpaired) electrons. The van der Waals surface area contributed by atoms with Gasteiger partial charge in [-0.2, -0.15) is 11.8 Å². The van der Waals surface area contributed by atoms with Crippen LogP contribution in [0.5, 0.6) is 0 Å². The zero-order valence-electron chi connectivity index (χ0n) is 7.26. The molecule has 0 aliphatic heterocycles. The van der Waals surface area contributed by atoms with Gasteiger partial charge >= 0.3 is 0 Å². The van der Waals surface area contributed by atoms with Crippen LogP contribution in [0.3, 0.4) is 0 Å². The molecule has 2 heteroatoms. The Kier molecular flexibility index (Phi) is 6.24. The summed E-state index contributed by atoms with van der Waals surface area (Å²) in [5, 5.41) is 0. The standard InChI is InChI=1S/C8H19NS/c1-7(8(2)9)5-4-6-10-3/h7-8H,4-6,9H2,1-3H3. The molecule has 10 heavy (non-hydrogen) atoms. The molecule has 0 fully saturated rings. The van der Waals surface area contributed by atoms with Crippen LogP contribution in [0.1, 0.15) is 26.7 Å². The number of hydrogen-bond donors (Lipinski definition) is 1. The minimum atomic E-state index is 0.363. The number of rotatable bonds is 5. The van der Waals surface area contributed by atoms with Crippen molar-refractivity contribution in [1.82, 2.24) is 0 Å². The highest BCUT2D eigenvalue weighted by molar-refractivity contribution is 7.98. The minimum Gasteiger partial charge on any atom is -0.328 e. The Labute approximate surface area is 68.8 Å². The minimum absolute atomic E-state index is 0.363. The highest BCUT2D eigenvalue weighted by Gasteiger charge is 2.05. The van der Waals surface area contributed by atoms with E-state index in [1.165, 1.54) is 18.6 Å². The van der Waals surface area contributed by atoms with Crippen molar-refractivity contribution in [3.63, 3.8) is 0 Å². The van der Waals surface area contributed by atoms with Crippen LogP contribution in [0.15, 0.2) is 0 Å². The summed E-state index contributed by atoms with van der Waals surface area (Å²) in [6.45, 7) is 4.31. The molecule has 0 rings (SSSR count). The van der Waals surface area contributed by atoms with Gasteiger partial charge in [-0.05, 0) is 37.7 Å². The van der Waals surface area contributed by atoms with E-state index in [1.807, 2.05) is 11.8 Å². The third-order valence-corrected chi connectivity index (χ3v) is 2.60. The molecule has 0 bridgehead atoms. The number of hydrogen-bond acceptors (Lipinski definition) is 2. The van der Waals surface area contributed by atoms with Gasteiger partial charge in [-0.25, -0.2) is 0 Å². The highest BCUT2D eigenvalue weighted by atomic mass is 32.2. The van der Waals surface area contributed by atoms with E-state index in [0.717, 1.165) is 0 Å². The lowest BCUT2D eigenvalue weighted by atomic mass is 9.99. The fraction of sp³-hybridized carbons (Fsp3) is 1.00. The molecule has 0 aromatic carbocycles. The molecule has 1 nitrogen and oxygen atoms in total. The van der Waals surface area contributed by atoms with Gasteiger partial charge in [-0.3, -0.25) is 0 Å². The van der Waals surface area contributed by atoms with Crippen LogP contribution in [-0.2, 0) is 0 Å². The van der Waals surface area contributed by atoms with E-state index in [9.17, 15) is 0 Å². The van der Waals surface area contributed by atoms with Gasteiger partial charge in [0.25, 0.3) is 0 Å². The molecule has 0 saturated heterocycles. The molecular weight excluding hydrogens is 142 g/mol. The van der Waals surface area contributed by atoms with Gasteiger partial charge in [-0.1, -0.05) is 6.92 Å². The van der Waals surface area contributed by atoms with Crippen LogP contribution in [-0.4, -0.2) is 18.1 Å². The van der Waals surface area contributed by atoms with E-state index >= 15 is 0 Å². The Morgan fingerprint density at radius 2 is 2.00 bits per heavy atom. The van der Waals surface area contributed by atoms with Crippen molar-refractivity contribution < 1.29 is 0 Å². The second-order valence-electron chi connectivity index (χ2n) is 2.97. The topological polar surface area (TPSA) is 26.0 Å². The van der Waals surface area contributed by atoms with Gasteiger partial charge in [0.05, 0.1) is 0 Å². The molecule has 62 valence electrons. The van der Waals surface area contributed by atoms with Gasteiger partial charge in [0.2, 0.25) is 0 Å². The van der Waals surface area contributed by atoms with Gasteiger partial charge in [0.15, 0.2) is 0 Å². The van der Waals surface area contributed by atoms with E-state index in [0.29, 0.717) is 12.0 Å². The predicted molar refractivity (Wildman–Crippen MR) is 50.4 cm³/mol. The Hall–Kier alpha value is 0.310. The molecule has 0 aliphatic carbocycles. The lowest BCUT2D eigenvalue weighted by Crippen LogP contribution is -2.24. The third kappa shape index (κ3) is 5.12. The van der Waals surface area contributed by atoms with E-state index in [-0.39, 0.29) is 0 Å². The van der Waals surface area contributed by atoms with Crippen LogP contribution in [0.4, 0.5) is 0 Å². The van der Waals surface area contributed by atoms with E-state index in [1.54, 1.807) is 0 Å². The van der Waals surface area contributed by atoms with E-state index in [2.05, 4.69) is 20.1 Å². The molecule has 2 atom stereocenters. The molecule has 2 N–H and O–H groups in total. The van der Waals surface area contributed by atoms with Gasteiger partial charge in [-0.15, -0.1) is 0 Å². The summed E-state index contributed by atoms with van der Waals surface area (Å²) in [5.41, 5.74) is 5.71. The van der Waals surface area contributed by atoms with Crippen LogP contribution in [0.2, 0.25) is 0 Å². The average molecular weight is 161 g/mol. The van der Waals surface area contributed by atoms with Crippen molar-refractivity contribution in [3.05, 3.63) is 0 Å². The molecule has 0 spiro atoms. The van der Waals surface area contributed by atoms with Crippen molar-refractivity contribution in [2.24, 2.45) is 11.7 Å². The SMILES string of the molecule is CSCCCC(C)C(C)N. The normalized spacial score (nSPS) is 16.8. The van der Waals surface area contributed by atoms with Gasteiger partial charge in [0, 0.05) is 6.04 Å². The molecule has 2 unspecified atom stereocenters. The molecule has 0 saturated carbocycles. The summed E-state index contributed by atoms with van der Waals surface area (Å²) >= 11 is 1.91. The first-order chi connectivity index (χ1) is 4.68. The maximum atomic E-state index is 5.71. The Bertz CT molecular complexity index is 73.7. The first-order valence-corrected chi connectivity index (χ1v) is 5.32. The van der Waals surface area contributed by atoms with E-state index in [4.69, 9.17) is 5.73 Å². The largest absolute Gasteiger partial charge is 0.328 e. The Morgan fingerprint density at radius 1 is 1.40 bits per heavy atom. The average Bonchev–Trinajstić information content (AvgIpc) is 1.88. The van der Waals surface area contributed by atoms with Crippen LogP contribution in [0.25, 0.3) is 0 Å². The van der Waals surface area contributed by atoms with Crippen LogP contribution in [0, 0.1) is 5.92 Å². The number of nitrogens with two attached hydrogens (primary N) is 1. The van der Waals surface area contributed by atoms with E-state index < -0.39 is 0 Å². The quantitative estimate of drug-likeness (QED) is 0.625. The lowest BCUT2D eigenvalue weighted by Gasteiger charge is -2.14. The molecule has 0 amide bonds. The molecule has 0 aromatic rings. The molecule has 0 aromatic heterocycles. The zero-order valence-corrected chi connectivity index (χ0v) is 8.08. The monoisotopic (exact) mass is 161 g/mol. The van der Waals surface area contributed by atoms with Gasteiger partial charge in [0.1, 0.15) is 0 Å². The zero-order chi connectivity index (χ0) is 7.98. The summed E-state index contributed by atoms with van der Waals surface area (Å²) in [6.07, 6.45) is 4.74.